The van der Waals surface area contributed by atoms with Gasteiger partial charge in [0.05, 0.1) is 6.61 Å². The molecule has 0 radical (unpaired) electrons. The van der Waals surface area contributed by atoms with Gasteiger partial charge in [0.1, 0.15) is 0 Å². The number of nitrogens with one attached hydrogen (secondary N) is 1. The Morgan fingerprint density at radius 1 is 0.810 bits per heavy atom. The molecular weight excluding hydrogens is 294 g/mol. The average molecular weight is 327 g/mol. The summed E-state index contributed by atoms with van der Waals surface area (Å²) in [5, 5.41) is 0. The second-order valence-corrected chi connectivity index (χ2v) is 5.85. The molecule has 0 atom stereocenters. The molecule has 0 saturated heterocycles. The van der Waals surface area contributed by atoms with Crippen LogP contribution in [0.1, 0.15) is 78.1 Å². The Morgan fingerprint density at radius 3 is 1.57 bits per heavy atom. The molecule has 130 valence electrons. The van der Waals surface area contributed by atoms with E-state index in [1.807, 2.05) is 6.92 Å². The normalized spacial score (nSPS) is 11.0. The third kappa shape index (κ3) is 38.3. The zero-order valence-electron chi connectivity index (χ0n) is 13.5. The molecule has 7 heteroatoms. The molecule has 0 aromatic carbocycles. The van der Waals surface area contributed by atoms with E-state index in [4.69, 9.17) is 22.4 Å². The molecule has 0 heterocycles. The van der Waals surface area contributed by atoms with E-state index in [1.165, 1.54) is 64.2 Å². The first kappa shape index (κ1) is 23.1. The van der Waals surface area contributed by atoms with Gasteiger partial charge in [0.25, 0.3) is 0 Å². The van der Waals surface area contributed by atoms with Crippen molar-refractivity contribution >= 4 is 10.4 Å². The summed E-state index contributed by atoms with van der Waals surface area (Å²) in [5.74, 6) is 0. The molecule has 0 rings (SSSR count). The lowest BCUT2D eigenvalue weighted by atomic mass is 10.1. The van der Waals surface area contributed by atoms with Crippen LogP contribution in [0.5, 0.6) is 0 Å². The maximum atomic E-state index is 8.74. The Morgan fingerprint density at radius 2 is 1.19 bits per heavy atom. The van der Waals surface area contributed by atoms with Crippen LogP contribution in [-0.2, 0) is 15.2 Å². The lowest BCUT2D eigenvalue weighted by Crippen LogP contribution is -2.15. The standard InChI is InChI=1S/C14H31NO.H2O4S/c1-3-5-6-7-8-9-10-11-12-13-14-15-16-4-2;1-5(2,3)4/h15H,3-14H2,1-2H3;(H2,1,2,3,4). The second kappa shape index (κ2) is 17.8. The van der Waals surface area contributed by atoms with E-state index in [9.17, 15) is 0 Å². The van der Waals surface area contributed by atoms with Crippen molar-refractivity contribution in [1.29, 1.82) is 0 Å². The summed E-state index contributed by atoms with van der Waals surface area (Å²) < 4.78 is 31.6. The second-order valence-electron chi connectivity index (χ2n) is 4.96. The number of hydrogen-bond acceptors (Lipinski definition) is 4. The van der Waals surface area contributed by atoms with Gasteiger partial charge in [-0.3, -0.25) is 9.11 Å². The van der Waals surface area contributed by atoms with Crippen LogP contribution in [0.15, 0.2) is 0 Å². The Balaban J connectivity index is 0. The molecule has 0 aromatic heterocycles. The van der Waals surface area contributed by atoms with Gasteiger partial charge in [-0.25, -0.2) is 5.48 Å². The molecule has 0 aliphatic carbocycles. The predicted octanol–water partition coefficient (Wildman–Crippen LogP) is 3.80. The Hall–Kier alpha value is -0.210. The van der Waals surface area contributed by atoms with Crippen LogP contribution in [0, 0.1) is 0 Å². The van der Waals surface area contributed by atoms with Gasteiger partial charge in [-0.1, -0.05) is 64.7 Å². The summed E-state index contributed by atoms with van der Waals surface area (Å²) in [5.41, 5.74) is 2.96. The van der Waals surface area contributed by atoms with Crippen LogP contribution in [-0.4, -0.2) is 30.7 Å². The first-order valence-corrected chi connectivity index (χ1v) is 9.36. The number of hydrogen-bond donors (Lipinski definition) is 3. The third-order valence-electron chi connectivity index (χ3n) is 2.88. The van der Waals surface area contributed by atoms with Crippen molar-refractivity contribution in [3.63, 3.8) is 0 Å². The van der Waals surface area contributed by atoms with E-state index in [1.54, 1.807) is 0 Å². The first-order chi connectivity index (χ1) is 9.91. The van der Waals surface area contributed by atoms with E-state index < -0.39 is 10.4 Å². The van der Waals surface area contributed by atoms with E-state index in [0.29, 0.717) is 0 Å². The van der Waals surface area contributed by atoms with E-state index in [-0.39, 0.29) is 0 Å². The lowest BCUT2D eigenvalue weighted by molar-refractivity contribution is 0.0500. The minimum absolute atomic E-state index is 0.762. The predicted molar refractivity (Wildman–Crippen MR) is 85.7 cm³/mol. The van der Waals surface area contributed by atoms with Crippen molar-refractivity contribution in [2.24, 2.45) is 0 Å². The molecule has 0 unspecified atom stereocenters. The zero-order chi connectivity index (χ0) is 16.4. The van der Waals surface area contributed by atoms with E-state index >= 15 is 0 Å². The van der Waals surface area contributed by atoms with Crippen LogP contribution in [0.25, 0.3) is 0 Å². The Kier molecular flexibility index (Phi) is 19.6. The smallest absolute Gasteiger partial charge is 0.302 e. The lowest BCUT2D eigenvalue weighted by Gasteiger charge is -2.03. The monoisotopic (exact) mass is 327 g/mol. The molecule has 0 saturated carbocycles. The van der Waals surface area contributed by atoms with Gasteiger partial charge in [0.2, 0.25) is 0 Å². The molecule has 0 spiro atoms. The molecular formula is C14H33NO5S. The van der Waals surface area contributed by atoms with Crippen LogP contribution >= 0.6 is 0 Å². The highest BCUT2D eigenvalue weighted by atomic mass is 32.3. The number of hydroxylamine groups is 1. The van der Waals surface area contributed by atoms with Gasteiger partial charge in [0.15, 0.2) is 0 Å². The average Bonchev–Trinajstić information content (AvgIpc) is 2.38. The third-order valence-corrected chi connectivity index (χ3v) is 2.88. The highest BCUT2D eigenvalue weighted by Crippen LogP contribution is 2.10. The minimum atomic E-state index is -4.67. The Bertz CT molecular complexity index is 261. The van der Waals surface area contributed by atoms with Crippen LogP contribution in [0.2, 0.25) is 0 Å². The Labute approximate surface area is 130 Å². The molecule has 0 amide bonds. The summed E-state index contributed by atoms with van der Waals surface area (Å²) in [6.07, 6.45) is 13.9. The molecule has 6 nitrogen and oxygen atoms in total. The van der Waals surface area contributed by atoms with Crippen molar-refractivity contribution in [3.8, 4) is 0 Å². The van der Waals surface area contributed by atoms with Crippen molar-refractivity contribution in [3.05, 3.63) is 0 Å². The van der Waals surface area contributed by atoms with Crippen LogP contribution in [0.4, 0.5) is 0 Å². The molecule has 0 aromatic rings. The molecule has 0 aliphatic heterocycles. The topological polar surface area (TPSA) is 95.9 Å². The summed E-state index contributed by atoms with van der Waals surface area (Å²) in [4.78, 5) is 5.07. The van der Waals surface area contributed by atoms with Crippen molar-refractivity contribution < 1.29 is 22.4 Å². The summed E-state index contributed by atoms with van der Waals surface area (Å²) in [6.45, 7) is 6.05. The van der Waals surface area contributed by atoms with Gasteiger partial charge in [-0.2, -0.15) is 8.42 Å². The molecule has 0 aliphatic rings. The minimum Gasteiger partial charge on any atom is -0.302 e. The number of unbranched alkanes of at least 4 members (excludes halogenated alkanes) is 9. The molecule has 0 fully saturated rings. The SMILES string of the molecule is CCCCCCCCCCCCNOCC.O=S(=O)(O)O. The van der Waals surface area contributed by atoms with Gasteiger partial charge in [-0.15, -0.1) is 0 Å². The number of rotatable bonds is 13. The maximum Gasteiger partial charge on any atom is 0.394 e. The van der Waals surface area contributed by atoms with Crippen molar-refractivity contribution in [2.45, 2.75) is 78.1 Å². The fourth-order valence-electron chi connectivity index (χ4n) is 1.86. The highest BCUT2D eigenvalue weighted by Gasteiger charge is 1.92. The maximum absolute atomic E-state index is 8.74. The molecule has 3 N–H and O–H groups in total. The summed E-state index contributed by atoms with van der Waals surface area (Å²) in [6, 6.07) is 0. The first-order valence-electron chi connectivity index (χ1n) is 7.96. The molecule has 0 bridgehead atoms. The van der Waals surface area contributed by atoms with Crippen molar-refractivity contribution in [1.82, 2.24) is 5.48 Å². The van der Waals surface area contributed by atoms with Crippen molar-refractivity contribution in [2.75, 3.05) is 13.2 Å². The van der Waals surface area contributed by atoms with Gasteiger partial charge < -0.3 is 4.84 Å². The molecule has 21 heavy (non-hydrogen) atoms. The zero-order valence-corrected chi connectivity index (χ0v) is 14.3. The quantitative estimate of drug-likeness (QED) is 0.270. The highest BCUT2D eigenvalue weighted by molar-refractivity contribution is 7.79. The van der Waals surface area contributed by atoms with Crippen LogP contribution < -0.4 is 5.48 Å². The fourth-order valence-corrected chi connectivity index (χ4v) is 1.86. The van der Waals surface area contributed by atoms with Gasteiger partial charge in [-0.05, 0) is 13.3 Å². The van der Waals surface area contributed by atoms with Gasteiger partial charge in [0, 0.05) is 6.54 Å². The van der Waals surface area contributed by atoms with Crippen LogP contribution in [0.3, 0.4) is 0 Å². The van der Waals surface area contributed by atoms with Gasteiger partial charge >= 0.3 is 10.4 Å². The summed E-state index contributed by atoms with van der Waals surface area (Å²) in [7, 11) is -4.67. The van der Waals surface area contributed by atoms with E-state index in [2.05, 4.69) is 12.4 Å². The largest absolute Gasteiger partial charge is 0.394 e. The summed E-state index contributed by atoms with van der Waals surface area (Å²) >= 11 is 0. The fraction of sp³-hybridized carbons (Fsp3) is 1.00. The van der Waals surface area contributed by atoms with E-state index in [0.717, 1.165) is 13.2 Å².